The Labute approximate surface area is 150 Å². The van der Waals surface area contributed by atoms with Crippen LogP contribution in [0.3, 0.4) is 0 Å². The number of aliphatic carboxylic acids is 4. The van der Waals surface area contributed by atoms with Crippen LogP contribution in [-0.2, 0) is 43.0 Å². The summed E-state index contributed by atoms with van der Waals surface area (Å²) >= 11 is 0. The number of carbonyl (C=O) groups is 7. The smallest absolute Gasteiger partial charge is 0.349 e. The Morgan fingerprint density at radius 3 is 1.48 bits per heavy atom. The van der Waals surface area contributed by atoms with Crippen LogP contribution in [0.4, 0.5) is 0 Å². The molecule has 0 saturated carbocycles. The van der Waals surface area contributed by atoms with Gasteiger partial charge in [0.25, 0.3) is 0 Å². The summed E-state index contributed by atoms with van der Waals surface area (Å²) in [5.74, 6) is -10.9. The first-order valence-corrected chi connectivity index (χ1v) is 7.22. The topological polar surface area (TPSA) is 219 Å². The number of esters is 3. The van der Waals surface area contributed by atoms with E-state index in [9.17, 15) is 38.7 Å². The van der Waals surface area contributed by atoms with E-state index in [1.807, 2.05) is 0 Å². The fourth-order valence-corrected chi connectivity index (χ4v) is 1.71. The minimum absolute atomic E-state index is 0.671. The fraction of sp³-hybridized carbons (Fsp3) is 0.500. The van der Waals surface area contributed by atoms with E-state index in [-0.39, 0.29) is 0 Å². The van der Waals surface area contributed by atoms with E-state index in [4.69, 9.17) is 15.3 Å². The second-order valence-electron chi connectivity index (χ2n) is 5.15. The van der Waals surface area contributed by atoms with E-state index in [0.717, 1.165) is 0 Å². The van der Waals surface area contributed by atoms with Crippen LogP contribution in [0.25, 0.3) is 0 Å². The van der Waals surface area contributed by atoms with Gasteiger partial charge in [0.15, 0.2) is 0 Å². The van der Waals surface area contributed by atoms with Gasteiger partial charge >= 0.3 is 41.8 Å². The largest absolute Gasteiger partial charge is 0.481 e. The molecule has 0 aliphatic rings. The van der Waals surface area contributed by atoms with Gasteiger partial charge in [-0.25, -0.2) is 4.79 Å². The first kappa shape index (κ1) is 23.5. The molecule has 13 nitrogen and oxygen atoms in total. The summed E-state index contributed by atoms with van der Waals surface area (Å²) in [7, 11) is 0. The van der Waals surface area contributed by atoms with Crippen molar-refractivity contribution < 1.29 is 63.5 Å². The summed E-state index contributed by atoms with van der Waals surface area (Å²) in [4.78, 5) is 77.7. The van der Waals surface area contributed by atoms with Gasteiger partial charge in [0.1, 0.15) is 0 Å². The molecule has 1 unspecified atom stereocenters. The van der Waals surface area contributed by atoms with Gasteiger partial charge in [-0.2, -0.15) is 0 Å². The lowest BCUT2D eigenvalue weighted by atomic mass is 9.95. The lowest BCUT2D eigenvalue weighted by Crippen LogP contribution is -2.47. The molecule has 0 aromatic rings. The molecule has 0 spiro atoms. The zero-order chi connectivity index (χ0) is 21.2. The van der Waals surface area contributed by atoms with Gasteiger partial charge < -0.3 is 29.9 Å². The SMILES string of the molecule is O=C(O)CCC(=O)OC(=O)CC(CC(=O)O)(OC(=O)CCC(=O)O)C(=O)O. The van der Waals surface area contributed by atoms with Crippen molar-refractivity contribution in [3.8, 4) is 0 Å². The van der Waals surface area contributed by atoms with Gasteiger partial charge in [0, 0.05) is 0 Å². The van der Waals surface area contributed by atoms with Gasteiger partial charge in [-0.3, -0.25) is 28.8 Å². The maximum atomic E-state index is 11.7. The molecular formula is C14H16O13. The molecule has 0 rings (SSSR count). The molecule has 0 aromatic carbocycles. The van der Waals surface area contributed by atoms with Crippen molar-refractivity contribution in [2.75, 3.05) is 0 Å². The molecule has 4 N–H and O–H groups in total. The number of hydrogen-bond acceptors (Lipinski definition) is 9. The third kappa shape index (κ3) is 9.52. The van der Waals surface area contributed by atoms with Crippen molar-refractivity contribution in [2.45, 2.75) is 44.1 Å². The van der Waals surface area contributed by atoms with Gasteiger partial charge in [-0.1, -0.05) is 0 Å². The fourth-order valence-electron chi connectivity index (χ4n) is 1.71. The molecule has 0 aliphatic heterocycles. The lowest BCUT2D eigenvalue weighted by molar-refractivity contribution is -0.188. The predicted octanol–water partition coefficient (Wildman–Crippen LogP) is -0.983. The minimum Gasteiger partial charge on any atom is -0.481 e. The van der Waals surface area contributed by atoms with Crippen LogP contribution in [-0.4, -0.2) is 67.8 Å². The van der Waals surface area contributed by atoms with Crippen molar-refractivity contribution >= 4 is 41.8 Å². The third-order valence-electron chi connectivity index (χ3n) is 2.88. The Hall–Kier alpha value is -3.51. The van der Waals surface area contributed by atoms with Gasteiger partial charge in [-0.05, 0) is 0 Å². The van der Waals surface area contributed by atoms with Crippen molar-refractivity contribution in [1.82, 2.24) is 0 Å². The highest BCUT2D eigenvalue weighted by Crippen LogP contribution is 2.24. The monoisotopic (exact) mass is 392 g/mol. The highest BCUT2D eigenvalue weighted by molar-refractivity contribution is 5.94. The Morgan fingerprint density at radius 1 is 0.593 bits per heavy atom. The van der Waals surface area contributed by atoms with E-state index in [2.05, 4.69) is 9.47 Å². The number of rotatable bonds is 12. The van der Waals surface area contributed by atoms with Crippen molar-refractivity contribution in [1.29, 1.82) is 0 Å². The molecule has 0 amide bonds. The van der Waals surface area contributed by atoms with Crippen LogP contribution in [0.15, 0.2) is 0 Å². The number of carboxylic acids is 4. The number of ether oxygens (including phenoxy) is 2. The molecule has 0 aliphatic carbocycles. The van der Waals surface area contributed by atoms with E-state index in [1.165, 1.54) is 0 Å². The van der Waals surface area contributed by atoms with E-state index in [0.29, 0.717) is 0 Å². The molecule has 0 fully saturated rings. The van der Waals surface area contributed by atoms with Crippen molar-refractivity contribution in [2.24, 2.45) is 0 Å². The number of carbonyl (C=O) groups excluding carboxylic acids is 3. The second kappa shape index (κ2) is 10.5. The van der Waals surface area contributed by atoms with Gasteiger partial charge in [0.05, 0.1) is 38.5 Å². The molecule has 1 atom stereocenters. The summed E-state index contributed by atoms with van der Waals surface area (Å²) in [6.07, 6.45) is -5.66. The van der Waals surface area contributed by atoms with Crippen LogP contribution < -0.4 is 0 Å². The Balaban J connectivity index is 5.25. The first-order chi connectivity index (χ1) is 12.4. The Kier molecular flexibility index (Phi) is 9.11. The molecule has 13 heteroatoms. The molecule has 27 heavy (non-hydrogen) atoms. The molecule has 0 bridgehead atoms. The second-order valence-corrected chi connectivity index (χ2v) is 5.15. The molecular weight excluding hydrogens is 376 g/mol. The normalized spacial score (nSPS) is 12.3. The Morgan fingerprint density at radius 2 is 1.07 bits per heavy atom. The van der Waals surface area contributed by atoms with Crippen LogP contribution in [0, 0.1) is 0 Å². The van der Waals surface area contributed by atoms with E-state index >= 15 is 0 Å². The third-order valence-corrected chi connectivity index (χ3v) is 2.88. The average Bonchev–Trinajstić information content (AvgIpc) is 2.49. The van der Waals surface area contributed by atoms with Crippen LogP contribution in [0.2, 0.25) is 0 Å². The summed E-state index contributed by atoms with van der Waals surface area (Å²) in [6, 6.07) is 0. The first-order valence-electron chi connectivity index (χ1n) is 7.22. The highest BCUT2D eigenvalue weighted by atomic mass is 16.6. The summed E-state index contributed by atoms with van der Waals surface area (Å²) in [5.41, 5.74) is -2.94. The number of hydrogen-bond donors (Lipinski definition) is 4. The van der Waals surface area contributed by atoms with E-state index in [1.54, 1.807) is 0 Å². The van der Waals surface area contributed by atoms with Crippen LogP contribution >= 0.6 is 0 Å². The average molecular weight is 392 g/mol. The van der Waals surface area contributed by atoms with Crippen LogP contribution in [0.5, 0.6) is 0 Å². The molecule has 150 valence electrons. The maximum Gasteiger partial charge on any atom is 0.349 e. The molecule has 0 aromatic heterocycles. The molecule has 0 heterocycles. The zero-order valence-corrected chi connectivity index (χ0v) is 13.7. The van der Waals surface area contributed by atoms with Gasteiger partial charge in [-0.15, -0.1) is 0 Å². The molecule has 0 radical (unpaired) electrons. The van der Waals surface area contributed by atoms with Crippen LogP contribution in [0.1, 0.15) is 38.5 Å². The summed E-state index contributed by atoms with van der Waals surface area (Å²) in [6.45, 7) is 0. The zero-order valence-electron chi connectivity index (χ0n) is 13.7. The lowest BCUT2D eigenvalue weighted by Gasteiger charge is -2.26. The molecule has 0 saturated heterocycles. The van der Waals surface area contributed by atoms with Gasteiger partial charge in [0.2, 0.25) is 5.60 Å². The minimum atomic E-state index is -2.94. The summed E-state index contributed by atoms with van der Waals surface area (Å²) < 4.78 is 8.71. The highest BCUT2D eigenvalue weighted by Gasteiger charge is 2.47. The van der Waals surface area contributed by atoms with Crippen molar-refractivity contribution in [3.05, 3.63) is 0 Å². The van der Waals surface area contributed by atoms with E-state index < -0.39 is 85.9 Å². The van der Waals surface area contributed by atoms with Crippen molar-refractivity contribution in [3.63, 3.8) is 0 Å². The Bertz CT molecular complexity index is 649. The maximum absolute atomic E-state index is 11.7. The standard InChI is InChI=1S/C14H16O13/c15-7(16)1-3-10(21)26-12(23)6-14(13(24)25,5-9(19)20)27-11(22)4-2-8(17)18/h1-6H2,(H,15,16)(H,17,18)(H,19,20)(H,24,25). The predicted molar refractivity (Wildman–Crippen MR) is 78.2 cm³/mol. The quantitative estimate of drug-likeness (QED) is 0.232. The summed E-state index contributed by atoms with van der Waals surface area (Å²) in [5, 5.41) is 35.0. The number of carboxylic acid groups (broad SMARTS) is 4.